The van der Waals surface area contributed by atoms with Crippen molar-refractivity contribution in [2.75, 3.05) is 0 Å². The van der Waals surface area contributed by atoms with Gasteiger partial charge in [-0.2, -0.15) is 5.10 Å². The highest BCUT2D eigenvalue weighted by atomic mass is 16.3. The van der Waals surface area contributed by atoms with Crippen molar-refractivity contribution in [3.05, 3.63) is 41.7 Å². The molecule has 2 rings (SSSR count). The van der Waals surface area contributed by atoms with E-state index in [4.69, 9.17) is 5.11 Å². The minimum atomic E-state index is -0.338. The fourth-order valence-electron chi connectivity index (χ4n) is 1.33. The molecule has 1 amide bonds. The highest BCUT2D eigenvalue weighted by Crippen LogP contribution is 2.24. The van der Waals surface area contributed by atoms with E-state index in [0.717, 1.165) is 5.69 Å². The van der Waals surface area contributed by atoms with Crippen LogP contribution in [0.2, 0.25) is 0 Å². The minimum Gasteiger partial charge on any atom is -0.504 e. The van der Waals surface area contributed by atoms with Crippen molar-refractivity contribution < 1.29 is 15.0 Å². The second kappa shape index (κ2) is 4.56. The van der Waals surface area contributed by atoms with Gasteiger partial charge in [-0.3, -0.25) is 9.89 Å². The molecule has 0 spiro atoms. The van der Waals surface area contributed by atoms with Crippen LogP contribution in [0.3, 0.4) is 0 Å². The quantitative estimate of drug-likeness (QED) is 0.588. The van der Waals surface area contributed by atoms with Crippen LogP contribution in [-0.2, 0) is 6.54 Å². The Labute approximate surface area is 96.9 Å². The summed E-state index contributed by atoms with van der Waals surface area (Å²) in [6.45, 7) is 0.320. The lowest BCUT2D eigenvalue weighted by Crippen LogP contribution is -2.22. The Morgan fingerprint density at radius 1 is 1.29 bits per heavy atom. The predicted molar refractivity (Wildman–Crippen MR) is 59.5 cm³/mol. The highest BCUT2D eigenvalue weighted by molar-refractivity contribution is 5.94. The molecule has 0 saturated carbocycles. The van der Waals surface area contributed by atoms with Gasteiger partial charge in [-0.05, 0) is 24.3 Å². The molecule has 2 aromatic rings. The predicted octanol–water partition coefficient (Wildman–Crippen LogP) is 0.751. The summed E-state index contributed by atoms with van der Waals surface area (Å²) in [7, 11) is 0. The Balaban J connectivity index is 2.02. The fraction of sp³-hybridized carbons (Fsp3) is 0.0909. The van der Waals surface area contributed by atoms with E-state index in [0.29, 0.717) is 6.54 Å². The Bertz CT molecular complexity index is 523. The normalized spacial score (nSPS) is 10.1. The first-order valence-corrected chi connectivity index (χ1v) is 4.95. The van der Waals surface area contributed by atoms with Gasteiger partial charge >= 0.3 is 0 Å². The van der Waals surface area contributed by atoms with Gasteiger partial charge in [-0.15, -0.1) is 0 Å². The first kappa shape index (κ1) is 11.0. The summed E-state index contributed by atoms with van der Waals surface area (Å²) in [6, 6.07) is 5.64. The number of hydrogen-bond acceptors (Lipinski definition) is 4. The van der Waals surface area contributed by atoms with E-state index in [9.17, 15) is 9.90 Å². The van der Waals surface area contributed by atoms with Gasteiger partial charge < -0.3 is 15.5 Å². The van der Waals surface area contributed by atoms with Gasteiger partial charge in [-0.1, -0.05) is 0 Å². The number of nitrogens with zero attached hydrogens (tertiary/aromatic N) is 1. The van der Waals surface area contributed by atoms with Gasteiger partial charge in [0.1, 0.15) is 0 Å². The van der Waals surface area contributed by atoms with Gasteiger partial charge in [0, 0.05) is 11.8 Å². The Morgan fingerprint density at radius 3 is 2.76 bits per heavy atom. The zero-order valence-corrected chi connectivity index (χ0v) is 8.84. The lowest BCUT2D eigenvalue weighted by atomic mass is 10.2. The molecule has 0 aliphatic carbocycles. The van der Waals surface area contributed by atoms with Crippen LogP contribution in [0.5, 0.6) is 11.5 Å². The molecule has 0 atom stereocenters. The number of phenolic OH excluding ortho intramolecular Hbond substituents is 2. The Kier molecular flexibility index (Phi) is 2.95. The fourth-order valence-corrected chi connectivity index (χ4v) is 1.33. The van der Waals surface area contributed by atoms with Gasteiger partial charge in [0.25, 0.3) is 5.91 Å². The Hall–Kier alpha value is -2.50. The molecular formula is C11H11N3O3. The number of amides is 1. The van der Waals surface area contributed by atoms with Crippen LogP contribution < -0.4 is 5.32 Å². The van der Waals surface area contributed by atoms with Crippen LogP contribution in [-0.4, -0.2) is 26.3 Å². The number of aromatic amines is 1. The molecule has 0 bridgehead atoms. The number of carbonyl (C=O) groups is 1. The van der Waals surface area contributed by atoms with E-state index >= 15 is 0 Å². The SMILES string of the molecule is O=C(NCc1ccn[nH]1)c1ccc(O)c(O)c1. The van der Waals surface area contributed by atoms with Crippen LogP contribution in [0.4, 0.5) is 0 Å². The topological polar surface area (TPSA) is 98.2 Å². The van der Waals surface area contributed by atoms with Crippen LogP contribution in [0.15, 0.2) is 30.5 Å². The van der Waals surface area contributed by atoms with E-state index in [-0.39, 0.29) is 23.0 Å². The maximum absolute atomic E-state index is 11.7. The highest BCUT2D eigenvalue weighted by Gasteiger charge is 2.08. The van der Waals surface area contributed by atoms with E-state index in [1.54, 1.807) is 12.3 Å². The zero-order chi connectivity index (χ0) is 12.3. The number of rotatable bonds is 3. The summed E-state index contributed by atoms with van der Waals surface area (Å²) in [4.78, 5) is 11.7. The summed E-state index contributed by atoms with van der Waals surface area (Å²) >= 11 is 0. The second-order valence-electron chi connectivity index (χ2n) is 3.47. The molecule has 88 valence electrons. The zero-order valence-electron chi connectivity index (χ0n) is 8.84. The van der Waals surface area contributed by atoms with Gasteiger partial charge in [0.2, 0.25) is 0 Å². The summed E-state index contributed by atoms with van der Waals surface area (Å²) in [5, 5.41) is 27.5. The lowest BCUT2D eigenvalue weighted by molar-refractivity contribution is 0.0950. The molecule has 0 radical (unpaired) electrons. The summed E-state index contributed by atoms with van der Waals surface area (Å²) in [6.07, 6.45) is 1.59. The molecular weight excluding hydrogens is 222 g/mol. The molecule has 6 heteroatoms. The number of nitrogens with one attached hydrogen (secondary N) is 2. The summed E-state index contributed by atoms with van der Waals surface area (Å²) in [5.41, 5.74) is 1.06. The lowest BCUT2D eigenvalue weighted by Gasteiger charge is -2.04. The number of H-pyrrole nitrogens is 1. The monoisotopic (exact) mass is 233 g/mol. The van der Waals surface area contributed by atoms with E-state index < -0.39 is 0 Å². The van der Waals surface area contributed by atoms with Gasteiger partial charge in [-0.25, -0.2) is 0 Å². The number of carbonyl (C=O) groups excluding carboxylic acids is 1. The number of benzene rings is 1. The Morgan fingerprint density at radius 2 is 2.12 bits per heavy atom. The molecule has 4 N–H and O–H groups in total. The second-order valence-corrected chi connectivity index (χ2v) is 3.47. The van der Waals surface area contributed by atoms with Crippen LogP contribution in [0.25, 0.3) is 0 Å². The van der Waals surface area contributed by atoms with Crippen molar-refractivity contribution in [1.29, 1.82) is 0 Å². The molecule has 0 aliphatic rings. The van der Waals surface area contributed by atoms with Gasteiger partial charge in [0.15, 0.2) is 11.5 Å². The maximum Gasteiger partial charge on any atom is 0.251 e. The third-order valence-electron chi connectivity index (χ3n) is 2.24. The van der Waals surface area contributed by atoms with Crippen molar-refractivity contribution in [1.82, 2.24) is 15.5 Å². The number of hydrogen-bond donors (Lipinski definition) is 4. The average Bonchev–Trinajstić information content (AvgIpc) is 2.82. The molecule has 17 heavy (non-hydrogen) atoms. The van der Waals surface area contributed by atoms with E-state index in [1.165, 1.54) is 18.2 Å². The standard InChI is InChI=1S/C11H11N3O3/c15-9-2-1-7(5-10(9)16)11(17)12-6-8-3-4-13-14-8/h1-5,15-16H,6H2,(H,12,17)(H,13,14). The molecule has 6 nitrogen and oxygen atoms in total. The maximum atomic E-state index is 11.7. The number of phenols is 2. The van der Waals surface area contributed by atoms with Crippen molar-refractivity contribution >= 4 is 5.91 Å². The van der Waals surface area contributed by atoms with Crippen molar-refractivity contribution in [2.24, 2.45) is 0 Å². The smallest absolute Gasteiger partial charge is 0.251 e. The average molecular weight is 233 g/mol. The third kappa shape index (κ3) is 2.54. The molecule has 0 unspecified atom stereocenters. The van der Waals surface area contributed by atoms with Crippen LogP contribution in [0, 0.1) is 0 Å². The van der Waals surface area contributed by atoms with Crippen molar-refractivity contribution in [3.8, 4) is 11.5 Å². The van der Waals surface area contributed by atoms with Crippen LogP contribution in [0.1, 0.15) is 16.1 Å². The molecule has 0 fully saturated rings. The summed E-state index contributed by atoms with van der Waals surface area (Å²) < 4.78 is 0. The van der Waals surface area contributed by atoms with E-state index in [1.807, 2.05) is 0 Å². The third-order valence-corrected chi connectivity index (χ3v) is 2.24. The summed E-state index contributed by atoms with van der Waals surface area (Å²) in [5.74, 6) is -0.913. The van der Waals surface area contributed by atoms with Gasteiger partial charge in [0.05, 0.1) is 12.2 Å². The molecule has 0 saturated heterocycles. The molecule has 1 heterocycles. The molecule has 0 aliphatic heterocycles. The van der Waals surface area contributed by atoms with Crippen molar-refractivity contribution in [3.63, 3.8) is 0 Å². The first-order chi connectivity index (χ1) is 8.16. The van der Waals surface area contributed by atoms with Crippen molar-refractivity contribution in [2.45, 2.75) is 6.54 Å². The first-order valence-electron chi connectivity index (χ1n) is 4.95. The van der Waals surface area contributed by atoms with E-state index in [2.05, 4.69) is 15.5 Å². The molecule has 1 aromatic heterocycles. The minimum absolute atomic E-state index is 0.255. The largest absolute Gasteiger partial charge is 0.504 e. The number of aromatic hydroxyl groups is 2. The van der Waals surface area contributed by atoms with Crippen LogP contribution >= 0.6 is 0 Å². The number of aromatic nitrogens is 2. The molecule has 1 aromatic carbocycles.